The summed E-state index contributed by atoms with van der Waals surface area (Å²) in [7, 11) is 5.72. The number of hydrogen-bond donors (Lipinski definition) is 0. The second-order valence-electron chi connectivity index (χ2n) is 28.2. The zero-order valence-corrected chi connectivity index (χ0v) is 52.5. The minimum atomic E-state index is -0.678. The lowest BCUT2D eigenvalue weighted by molar-refractivity contribution is 0.115. The van der Waals surface area contributed by atoms with Gasteiger partial charge in [-0.25, -0.2) is 0 Å². The van der Waals surface area contributed by atoms with Gasteiger partial charge in [-0.3, -0.25) is 4.90 Å². The summed E-state index contributed by atoms with van der Waals surface area (Å²) in [5, 5.41) is 0. The Labute approximate surface area is 464 Å². The number of hydrogen-bond acceptors (Lipinski definition) is 2. The highest BCUT2D eigenvalue weighted by molar-refractivity contribution is 6.76. The molecule has 71 heavy (non-hydrogen) atoms. The number of unbranched alkanes of at least 4 members (excludes halogenated alkanes) is 5. The molecule has 0 radical (unpaired) electrons. The lowest BCUT2D eigenvalue weighted by Gasteiger charge is -2.36. The van der Waals surface area contributed by atoms with E-state index >= 15 is 0 Å². The van der Waals surface area contributed by atoms with Gasteiger partial charge in [0.25, 0.3) is 0 Å². The van der Waals surface area contributed by atoms with Crippen LogP contribution in [-0.2, 0) is 0 Å². The quantitative estimate of drug-likeness (QED) is 0.122. The summed E-state index contributed by atoms with van der Waals surface area (Å²) in [5.41, 5.74) is 7.07. The Morgan fingerprint density at radius 2 is 0.732 bits per heavy atom. The zero-order valence-electron chi connectivity index (χ0n) is 51.5. The first-order chi connectivity index (χ1) is 28.7. The Balaban J connectivity index is -0.0000000551. The van der Waals surface area contributed by atoms with Crippen LogP contribution in [0.2, 0.25) is 25.7 Å². The van der Waals surface area contributed by atoms with Crippen LogP contribution in [-0.4, -0.2) is 56.6 Å². The van der Waals surface area contributed by atoms with Gasteiger partial charge in [-0.1, -0.05) is 265 Å². The summed E-state index contributed by atoms with van der Waals surface area (Å²) in [6.45, 7) is 63.4. The Morgan fingerprint density at radius 1 is 0.451 bits per heavy atom. The van der Waals surface area contributed by atoms with Crippen LogP contribution >= 0.6 is 0 Å². The van der Waals surface area contributed by atoms with E-state index in [1.165, 1.54) is 141 Å². The predicted octanol–water partition coefficient (Wildman–Crippen LogP) is 26.2. The maximum Gasteiger partial charge on any atom is 0.0442 e. The van der Waals surface area contributed by atoms with Gasteiger partial charge < -0.3 is 4.90 Å². The molecule has 0 aromatic rings. The first kappa shape index (κ1) is 99.8. The molecule has 0 amide bonds. The summed E-state index contributed by atoms with van der Waals surface area (Å²) in [6.07, 6.45) is 27.4. The van der Waals surface area contributed by atoms with Crippen molar-refractivity contribution in [3.05, 3.63) is 11.1 Å². The first-order valence-corrected chi connectivity index (χ1v) is 31.4. The van der Waals surface area contributed by atoms with Crippen molar-refractivity contribution in [2.45, 2.75) is 383 Å². The summed E-state index contributed by atoms with van der Waals surface area (Å²) in [4.78, 5) is 4.67. The molecule has 0 aromatic heterocycles. The Bertz CT molecular complexity index is 1020. The number of allylic oxidation sites excluding steroid dienone is 2. The molecule has 0 aromatic carbocycles. The van der Waals surface area contributed by atoms with Crippen LogP contribution in [0.25, 0.3) is 0 Å². The molecule has 1 heterocycles. The summed E-state index contributed by atoms with van der Waals surface area (Å²) < 4.78 is 0. The average molecular weight is 1040 g/mol. The van der Waals surface area contributed by atoms with Crippen LogP contribution in [0.5, 0.6) is 0 Å². The highest BCUT2D eigenvalue weighted by atomic mass is 28.3. The third-order valence-electron chi connectivity index (χ3n) is 13.5. The van der Waals surface area contributed by atoms with E-state index in [0.717, 1.165) is 5.41 Å². The van der Waals surface area contributed by atoms with E-state index in [-0.39, 0.29) is 52.0 Å². The van der Waals surface area contributed by atoms with E-state index in [1.54, 1.807) is 11.1 Å². The Morgan fingerprint density at radius 3 is 0.803 bits per heavy atom. The monoisotopic (exact) mass is 1040 g/mol. The standard InChI is InChI=1S/C10H22.C9H19N.C9H18.C7H18Si.C6H10.C6H14.C5H13N.C5H10.C4H10.7CH4/c1-9(2,3)7-8-10(4,5)6;1-8(2)6-7-9(3,4)10(8)5;1-8(2)5-6-9(3,4)7-8;1-5-6-7-8(2,3)4;1-5-3-4-6(5)2;1-3-5-6-4-2;1-4-5-6(2)3;1-5(2)3-4-5;1-3-4-2;;;;;;;/h7-8H2,1-6H3;6-7H2,1-5H3;5-7H2,1-4H3;5-7H2,1-4H3;3-4H2,1-2H3;3-6H2,1-2H3;4-5H2,1-3H3;3-4H2,1-2H3;3-4H2,1-2H3;7*1H4. The fraction of sp³-hybridized carbons (Fsp3) is 0.971. The fourth-order valence-electron chi connectivity index (χ4n) is 7.19. The maximum atomic E-state index is 2.49. The van der Waals surface area contributed by atoms with E-state index in [0.29, 0.717) is 32.7 Å². The molecule has 3 heteroatoms. The molecule has 4 rings (SSSR count). The van der Waals surface area contributed by atoms with Gasteiger partial charge in [-0.2, -0.15) is 0 Å². The van der Waals surface area contributed by atoms with Crippen molar-refractivity contribution < 1.29 is 0 Å². The van der Waals surface area contributed by atoms with Gasteiger partial charge in [0, 0.05) is 19.2 Å². The Kier molecular flexibility index (Phi) is 69.5. The van der Waals surface area contributed by atoms with Crippen molar-refractivity contribution in [3.8, 4) is 0 Å². The van der Waals surface area contributed by atoms with Crippen molar-refractivity contribution in [3.63, 3.8) is 0 Å². The fourth-order valence-corrected chi connectivity index (χ4v) is 8.61. The van der Waals surface area contributed by atoms with Crippen LogP contribution in [0, 0.1) is 27.1 Å². The van der Waals surface area contributed by atoms with E-state index < -0.39 is 8.07 Å². The van der Waals surface area contributed by atoms with Crippen LogP contribution in [0.1, 0.15) is 347 Å². The van der Waals surface area contributed by atoms with Crippen molar-refractivity contribution in [1.82, 2.24) is 9.80 Å². The van der Waals surface area contributed by atoms with Crippen LogP contribution in [0.15, 0.2) is 11.1 Å². The van der Waals surface area contributed by atoms with Crippen LogP contribution in [0.4, 0.5) is 0 Å². The van der Waals surface area contributed by atoms with Gasteiger partial charge in [0.15, 0.2) is 0 Å². The highest BCUT2D eigenvalue weighted by Gasteiger charge is 2.41. The number of rotatable bonds is 10. The molecule has 0 unspecified atom stereocenters. The summed E-state index contributed by atoms with van der Waals surface area (Å²) in [5.74, 6) is 0. The molecule has 0 atom stereocenters. The van der Waals surface area contributed by atoms with Crippen molar-refractivity contribution >= 4 is 8.07 Å². The zero-order chi connectivity index (χ0) is 51.9. The van der Waals surface area contributed by atoms with E-state index in [9.17, 15) is 0 Å². The van der Waals surface area contributed by atoms with E-state index in [4.69, 9.17) is 0 Å². The summed E-state index contributed by atoms with van der Waals surface area (Å²) in [6, 6.07) is 1.50. The molecule has 1 aliphatic heterocycles. The van der Waals surface area contributed by atoms with Gasteiger partial charge in [-0.15, -0.1) is 0 Å². The minimum Gasteiger partial charge on any atom is -0.309 e. The molecule has 3 fully saturated rings. The molecule has 0 spiro atoms. The van der Waals surface area contributed by atoms with Gasteiger partial charge in [0.2, 0.25) is 0 Å². The van der Waals surface area contributed by atoms with E-state index in [1.807, 2.05) is 0 Å². The SMILES string of the molecule is C.C.C.C.C.C.C.CC(C)(C)CCC(C)(C)C.CC1(C)CC1.CC1(C)CCC(C)(C)C1.CC1=C(C)CC1.CCCC.CCCCCC.CCCC[Si](C)(C)C.CCCN(C)C.CN1C(C)(C)CCC1(C)C. The summed E-state index contributed by atoms with van der Waals surface area (Å²) >= 11 is 0. The normalized spacial score (nSPS) is 17.5. The topological polar surface area (TPSA) is 6.48 Å². The second-order valence-corrected chi connectivity index (χ2v) is 33.8. The van der Waals surface area contributed by atoms with Crippen LogP contribution < -0.4 is 0 Å². The molecular formula is C68H162N2Si. The molecule has 2 saturated carbocycles. The third-order valence-corrected chi connectivity index (χ3v) is 15.3. The van der Waals surface area contributed by atoms with Crippen molar-refractivity contribution in [1.29, 1.82) is 0 Å². The van der Waals surface area contributed by atoms with Crippen LogP contribution in [0.3, 0.4) is 0 Å². The van der Waals surface area contributed by atoms with Crippen molar-refractivity contribution in [2.75, 3.05) is 27.7 Å². The lowest BCUT2D eigenvalue weighted by Crippen LogP contribution is -2.44. The first-order valence-electron chi connectivity index (χ1n) is 27.7. The molecule has 4 aliphatic rings. The molecule has 448 valence electrons. The molecule has 0 bridgehead atoms. The second kappa shape index (κ2) is 49.4. The maximum absolute atomic E-state index is 2.49. The molecule has 2 nitrogen and oxygen atoms in total. The highest BCUT2D eigenvalue weighted by Crippen LogP contribution is 2.48. The largest absolute Gasteiger partial charge is 0.309 e. The third kappa shape index (κ3) is 76.5. The molecule has 1 saturated heterocycles. The van der Waals surface area contributed by atoms with Gasteiger partial charge >= 0.3 is 0 Å². The number of likely N-dealkylation sites (tertiary alicyclic amines) is 1. The number of nitrogens with zero attached hydrogens (tertiary/aromatic N) is 2. The lowest BCUT2D eigenvalue weighted by atomic mass is 9.81. The molecule has 0 N–H and O–H groups in total. The Hall–Kier alpha value is -0.123. The molecular weight excluding hydrogens is 873 g/mol. The van der Waals surface area contributed by atoms with Gasteiger partial charge in [0.1, 0.15) is 0 Å². The van der Waals surface area contributed by atoms with Gasteiger partial charge in [-0.05, 0) is 173 Å². The smallest absolute Gasteiger partial charge is 0.0442 e. The predicted molar refractivity (Wildman–Crippen MR) is 355 cm³/mol. The van der Waals surface area contributed by atoms with Crippen molar-refractivity contribution in [2.24, 2.45) is 27.1 Å². The molecule has 3 aliphatic carbocycles. The minimum absolute atomic E-state index is 0. The van der Waals surface area contributed by atoms with Gasteiger partial charge in [0.05, 0.1) is 0 Å². The average Bonchev–Trinajstić information content (AvgIpc) is 3.73. The van der Waals surface area contributed by atoms with E-state index in [2.05, 4.69) is 217 Å².